The van der Waals surface area contributed by atoms with Crippen molar-refractivity contribution in [2.24, 2.45) is 4.99 Å². The number of pyridine rings is 2. The summed E-state index contributed by atoms with van der Waals surface area (Å²) in [5.74, 6) is -0.246. The predicted molar refractivity (Wildman–Crippen MR) is 153 cm³/mol. The first kappa shape index (κ1) is 29.2. The van der Waals surface area contributed by atoms with Gasteiger partial charge in [-0.15, -0.1) is 11.3 Å². The zero-order chi connectivity index (χ0) is 27.5. The number of nitrogens with zero attached hydrogens (tertiary/aromatic N) is 5. The van der Waals surface area contributed by atoms with E-state index in [1.54, 1.807) is 62.7 Å². The molecule has 0 saturated heterocycles. The third kappa shape index (κ3) is 8.28. The third-order valence-electron chi connectivity index (χ3n) is 4.70. The van der Waals surface area contributed by atoms with Crippen LogP contribution in [0.1, 0.15) is 53.0 Å². The SMILES string of the molecule is C=C(F)c1csc(-c2cc(NC(=O)NCC)ncc2-c2cncc(C(=O)N=C(C)N(C)C)c2)n1.CCC.[HH].[HH]. The van der Waals surface area contributed by atoms with E-state index in [0.717, 1.165) is 0 Å². The molecule has 0 unspecified atom stereocenters. The van der Waals surface area contributed by atoms with Crippen LogP contribution in [0.4, 0.5) is 15.0 Å². The maximum Gasteiger partial charge on any atom is 0.320 e. The summed E-state index contributed by atoms with van der Waals surface area (Å²) in [5, 5.41) is 7.33. The van der Waals surface area contributed by atoms with Gasteiger partial charge in [-0.25, -0.2) is 19.2 Å². The minimum absolute atomic E-state index is 0. The van der Waals surface area contributed by atoms with Crippen LogP contribution in [0.5, 0.6) is 0 Å². The van der Waals surface area contributed by atoms with E-state index in [2.05, 4.69) is 51.0 Å². The van der Waals surface area contributed by atoms with Crippen molar-refractivity contribution in [3.05, 3.63) is 53.9 Å². The molecule has 3 aromatic heterocycles. The van der Waals surface area contributed by atoms with E-state index in [4.69, 9.17) is 0 Å². The fourth-order valence-corrected chi connectivity index (χ4v) is 3.64. The van der Waals surface area contributed by atoms with E-state index in [9.17, 15) is 14.0 Å². The second kappa shape index (κ2) is 13.9. The number of hydrogen-bond acceptors (Lipinski definition) is 6. The van der Waals surface area contributed by atoms with Crippen LogP contribution >= 0.6 is 11.3 Å². The van der Waals surface area contributed by atoms with Crippen LogP contribution in [0.2, 0.25) is 0 Å². The Balaban J connectivity index is 0.00000276. The highest BCUT2D eigenvalue weighted by Gasteiger charge is 2.17. The molecule has 0 aliphatic rings. The molecule has 37 heavy (non-hydrogen) atoms. The Morgan fingerprint density at radius 1 is 1.16 bits per heavy atom. The van der Waals surface area contributed by atoms with Gasteiger partial charge in [0, 0.05) is 64.2 Å². The second-order valence-electron chi connectivity index (χ2n) is 8.07. The van der Waals surface area contributed by atoms with Gasteiger partial charge in [0.15, 0.2) is 0 Å². The number of nitrogens with one attached hydrogen (secondary N) is 2. The number of anilines is 1. The molecule has 0 spiro atoms. The van der Waals surface area contributed by atoms with Crippen LogP contribution in [-0.2, 0) is 0 Å². The average molecular weight is 530 g/mol. The van der Waals surface area contributed by atoms with Crippen molar-refractivity contribution in [3.63, 3.8) is 0 Å². The Morgan fingerprint density at radius 3 is 2.46 bits per heavy atom. The molecule has 0 atom stereocenters. The number of amides is 3. The van der Waals surface area contributed by atoms with E-state index in [-0.39, 0.29) is 14.4 Å². The molecule has 0 saturated carbocycles. The fraction of sp³-hybridized carbons (Fsp3) is 0.308. The summed E-state index contributed by atoms with van der Waals surface area (Å²) < 4.78 is 13.6. The highest BCUT2D eigenvalue weighted by molar-refractivity contribution is 7.13. The van der Waals surface area contributed by atoms with E-state index in [1.807, 2.05) is 0 Å². The number of rotatable bonds is 6. The molecule has 0 fully saturated rings. The molecule has 3 amide bonds. The fourth-order valence-electron chi connectivity index (χ4n) is 2.79. The van der Waals surface area contributed by atoms with Crippen molar-refractivity contribution < 1.29 is 16.8 Å². The molecule has 9 nitrogen and oxygen atoms in total. The van der Waals surface area contributed by atoms with Crippen LogP contribution < -0.4 is 10.6 Å². The Labute approximate surface area is 223 Å². The number of carbonyl (C=O) groups excluding carboxylic acids is 2. The van der Waals surface area contributed by atoms with Crippen molar-refractivity contribution in [1.82, 2.24) is 25.2 Å². The zero-order valence-corrected chi connectivity index (χ0v) is 22.7. The molecule has 3 heterocycles. The molecule has 0 aromatic carbocycles. The first-order chi connectivity index (χ1) is 17.6. The lowest BCUT2D eigenvalue weighted by molar-refractivity contribution is 0.100. The van der Waals surface area contributed by atoms with Gasteiger partial charge in [-0.05, 0) is 26.0 Å². The number of halogens is 1. The monoisotopic (exact) mass is 529 g/mol. The van der Waals surface area contributed by atoms with E-state index in [0.29, 0.717) is 39.6 Å². The Morgan fingerprint density at radius 2 is 1.86 bits per heavy atom. The molecular formula is C26H36FN7O2S. The summed E-state index contributed by atoms with van der Waals surface area (Å²) >= 11 is 1.22. The quantitative estimate of drug-likeness (QED) is 0.283. The normalized spacial score (nSPS) is 10.7. The van der Waals surface area contributed by atoms with Gasteiger partial charge in [-0.1, -0.05) is 26.8 Å². The smallest absolute Gasteiger partial charge is 0.320 e. The summed E-state index contributed by atoms with van der Waals surface area (Å²) in [6, 6.07) is 2.88. The first-order valence-corrected chi connectivity index (χ1v) is 12.6. The maximum atomic E-state index is 13.6. The van der Waals surface area contributed by atoms with E-state index in [1.165, 1.54) is 24.0 Å². The number of thiazole rings is 1. The third-order valence-corrected chi connectivity index (χ3v) is 5.58. The Kier molecular flexibility index (Phi) is 11.0. The number of urea groups is 1. The standard InChI is InChI=1S/C23H24FN7O2S.C3H8.2H2/c1-6-26-23(33)30-20-8-17(22-29-19(12-34-22)13(2)24)18(11-27-20)15-7-16(10-25-9-15)21(32)28-14(3)31(4)5;1-3-2;;/h7-12H,2,6H2,1,3-5H3,(H2,26,27,30,33);3H2,1-2H3;2*1H. The van der Waals surface area contributed by atoms with Crippen molar-refractivity contribution in [3.8, 4) is 21.7 Å². The Hall–Kier alpha value is -3.99. The lowest BCUT2D eigenvalue weighted by Gasteiger charge is -2.12. The lowest BCUT2D eigenvalue weighted by atomic mass is 10.0. The highest BCUT2D eigenvalue weighted by Crippen LogP contribution is 2.36. The van der Waals surface area contributed by atoms with Crippen molar-refractivity contribution >= 4 is 40.8 Å². The van der Waals surface area contributed by atoms with Gasteiger partial charge in [-0.3, -0.25) is 15.1 Å². The van der Waals surface area contributed by atoms with Crippen molar-refractivity contribution in [2.75, 3.05) is 26.0 Å². The zero-order valence-electron chi connectivity index (χ0n) is 21.9. The molecular weight excluding hydrogens is 493 g/mol. The molecule has 200 valence electrons. The molecule has 3 aromatic rings. The van der Waals surface area contributed by atoms with E-state index >= 15 is 0 Å². The molecule has 0 bridgehead atoms. The van der Waals surface area contributed by atoms with Gasteiger partial charge in [-0.2, -0.15) is 4.99 Å². The summed E-state index contributed by atoms with van der Waals surface area (Å²) in [6.07, 6.45) is 5.81. The number of carbonyl (C=O) groups is 2. The maximum absolute atomic E-state index is 13.6. The van der Waals surface area contributed by atoms with Gasteiger partial charge >= 0.3 is 6.03 Å². The van der Waals surface area contributed by atoms with Crippen LogP contribution in [0.15, 0.2) is 47.7 Å². The summed E-state index contributed by atoms with van der Waals surface area (Å²) in [7, 11) is 3.59. The molecule has 0 radical (unpaired) electrons. The number of aliphatic imine (C=N–C) groups is 1. The van der Waals surface area contributed by atoms with Crippen molar-refractivity contribution in [2.45, 2.75) is 34.1 Å². The van der Waals surface area contributed by atoms with Crippen LogP contribution in [-0.4, -0.2) is 58.3 Å². The first-order valence-electron chi connectivity index (χ1n) is 11.7. The number of amidine groups is 1. The van der Waals surface area contributed by atoms with Crippen LogP contribution in [0.3, 0.4) is 0 Å². The molecule has 2 N–H and O–H groups in total. The van der Waals surface area contributed by atoms with Gasteiger partial charge in [0.2, 0.25) is 0 Å². The minimum atomic E-state index is -0.651. The van der Waals surface area contributed by atoms with E-state index < -0.39 is 17.8 Å². The van der Waals surface area contributed by atoms with Gasteiger partial charge in [0.25, 0.3) is 5.91 Å². The summed E-state index contributed by atoms with van der Waals surface area (Å²) in [6.45, 7) is 11.5. The molecule has 11 heteroatoms. The van der Waals surface area contributed by atoms with Crippen LogP contribution in [0, 0.1) is 0 Å². The highest BCUT2D eigenvalue weighted by atomic mass is 32.1. The summed E-state index contributed by atoms with van der Waals surface area (Å²) in [4.78, 5) is 43.2. The van der Waals surface area contributed by atoms with Gasteiger partial charge in [0.05, 0.1) is 5.56 Å². The van der Waals surface area contributed by atoms with Crippen LogP contribution in [0.25, 0.3) is 27.5 Å². The summed E-state index contributed by atoms with van der Waals surface area (Å²) in [5.41, 5.74) is 2.19. The van der Waals surface area contributed by atoms with Gasteiger partial charge in [0.1, 0.15) is 28.2 Å². The number of hydrogen-bond donors (Lipinski definition) is 2. The molecule has 3 rings (SSSR count). The average Bonchev–Trinajstić information content (AvgIpc) is 3.35. The largest absolute Gasteiger partial charge is 0.366 e. The molecule has 0 aliphatic heterocycles. The second-order valence-corrected chi connectivity index (χ2v) is 8.93. The van der Waals surface area contributed by atoms with Gasteiger partial charge < -0.3 is 10.2 Å². The number of aromatic nitrogens is 3. The Bertz CT molecular complexity index is 1300. The topological polar surface area (TPSA) is 112 Å². The molecule has 0 aliphatic carbocycles. The van der Waals surface area contributed by atoms with Crippen molar-refractivity contribution in [1.29, 1.82) is 0 Å². The lowest BCUT2D eigenvalue weighted by Crippen LogP contribution is -2.28. The predicted octanol–water partition coefficient (Wildman–Crippen LogP) is 6.38. The minimum Gasteiger partial charge on any atom is -0.366 e.